The van der Waals surface area contributed by atoms with Gasteiger partial charge >= 0.3 is 0 Å². The highest BCUT2D eigenvalue weighted by Gasteiger charge is 1.81. The molecule has 0 saturated carbocycles. The Morgan fingerprint density at radius 3 is 3.00 bits per heavy atom. The Kier molecular flexibility index (Phi) is 7.28. The van der Waals surface area contributed by atoms with Gasteiger partial charge in [0.25, 0.3) is 0 Å². The van der Waals surface area contributed by atoms with Crippen molar-refractivity contribution in [2.75, 3.05) is 12.8 Å². The zero-order valence-corrected chi connectivity index (χ0v) is 6.31. The fourth-order valence-electron chi connectivity index (χ4n) is 0.208. The fourth-order valence-corrected chi connectivity index (χ4v) is 1.11. The SMILES string of the molecule is CSSNCCC#N. The Labute approximate surface area is 57.6 Å². The van der Waals surface area contributed by atoms with Crippen molar-refractivity contribution in [1.29, 1.82) is 5.26 Å². The van der Waals surface area contributed by atoms with Crippen LogP contribution < -0.4 is 4.72 Å². The summed E-state index contributed by atoms with van der Waals surface area (Å²) in [7, 11) is 3.21. The van der Waals surface area contributed by atoms with E-state index in [4.69, 9.17) is 5.26 Å². The first-order chi connectivity index (χ1) is 3.91. The molecular weight excluding hydrogens is 140 g/mol. The normalized spacial score (nSPS) is 8.50. The molecule has 0 saturated heterocycles. The second kappa shape index (κ2) is 7.15. The third-order valence-electron chi connectivity index (χ3n) is 0.481. The quantitative estimate of drug-likeness (QED) is 0.371. The Bertz CT molecular complexity index is 78.6. The van der Waals surface area contributed by atoms with Gasteiger partial charge in [0.05, 0.1) is 6.07 Å². The monoisotopic (exact) mass is 148 g/mol. The summed E-state index contributed by atoms with van der Waals surface area (Å²) in [6.45, 7) is 0.780. The van der Waals surface area contributed by atoms with Crippen molar-refractivity contribution in [2.24, 2.45) is 0 Å². The summed E-state index contributed by atoms with van der Waals surface area (Å²) in [4.78, 5) is 0. The molecule has 8 heavy (non-hydrogen) atoms. The zero-order chi connectivity index (χ0) is 6.24. The zero-order valence-electron chi connectivity index (χ0n) is 4.68. The van der Waals surface area contributed by atoms with Gasteiger partial charge < -0.3 is 0 Å². The number of hydrogen-bond donors (Lipinski definition) is 1. The highest BCUT2D eigenvalue weighted by Crippen LogP contribution is 2.10. The van der Waals surface area contributed by atoms with Gasteiger partial charge in [-0.2, -0.15) is 5.26 Å². The minimum Gasteiger partial charge on any atom is -0.254 e. The van der Waals surface area contributed by atoms with Gasteiger partial charge in [-0.25, -0.2) is 0 Å². The maximum Gasteiger partial charge on any atom is 0.0635 e. The highest BCUT2D eigenvalue weighted by atomic mass is 33.1. The smallest absolute Gasteiger partial charge is 0.0635 e. The molecule has 0 aromatic carbocycles. The maximum atomic E-state index is 8.06. The van der Waals surface area contributed by atoms with E-state index in [2.05, 4.69) is 4.72 Å². The largest absolute Gasteiger partial charge is 0.254 e. The van der Waals surface area contributed by atoms with Crippen molar-refractivity contribution in [2.45, 2.75) is 6.42 Å². The van der Waals surface area contributed by atoms with Crippen LogP contribution in [0, 0.1) is 11.3 Å². The van der Waals surface area contributed by atoms with E-state index in [0.29, 0.717) is 6.42 Å². The van der Waals surface area contributed by atoms with Crippen molar-refractivity contribution in [1.82, 2.24) is 4.72 Å². The molecule has 0 aliphatic rings. The lowest BCUT2D eigenvalue weighted by atomic mass is 10.5. The van der Waals surface area contributed by atoms with Crippen LogP contribution in [0.2, 0.25) is 0 Å². The average molecular weight is 148 g/mol. The van der Waals surface area contributed by atoms with Crippen LogP contribution in [0.4, 0.5) is 0 Å². The molecule has 1 N–H and O–H groups in total. The van der Waals surface area contributed by atoms with Crippen molar-refractivity contribution in [3.05, 3.63) is 0 Å². The summed E-state index contributed by atoms with van der Waals surface area (Å²) < 4.78 is 2.99. The van der Waals surface area contributed by atoms with Crippen LogP contribution >= 0.6 is 21.8 Å². The molecular formula is C4H8N2S2. The van der Waals surface area contributed by atoms with Gasteiger partial charge in [0, 0.05) is 13.0 Å². The molecule has 0 aliphatic heterocycles. The summed E-state index contributed by atoms with van der Waals surface area (Å²) in [5.74, 6) is 0. The lowest BCUT2D eigenvalue weighted by molar-refractivity contribution is 0.951. The van der Waals surface area contributed by atoms with E-state index >= 15 is 0 Å². The predicted octanol–water partition coefficient (Wildman–Crippen LogP) is 1.42. The lowest BCUT2D eigenvalue weighted by Crippen LogP contribution is -2.01. The lowest BCUT2D eigenvalue weighted by Gasteiger charge is -1.92. The molecule has 4 heteroatoms. The minimum absolute atomic E-state index is 0.591. The summed E-state index contributed by atoms with van der Waals surface area (Å²) in [6.07, 6.45) is 2.58. The molecule has 0 radical (unpaired) electrons. The molecule has 0 amide bonds. The maximum absolute atomic E-state index is 8.06. The third kappa shape index (κ3) is 6.15. The van der Waals surface area contributed by atoms with Crippen LogP contribution in [0.5, 0.6) is 0 Å². The van der Waals surface area contributed by atoms with Gasteiger partial charge in [-0.05, 0) is 17.2 Å². The van der Waals surface area contributed by atoms with Gasteiger partial charge in [0.15, 0.2) is 0 Å². The van der Waals surface area contributed by atoms with Crippen molar-refractivity contribution in [3.63, 3.8) is 0 Å². The molecule has 0 aromatic rings. The van der Waals surface area contributed by atoms with Crippen molar-refractivity contribution in [3.8, 4) is 6.07 Å². The second-order valence-corrected chi connectivity index (χ2v) is 3.34. The summed E-state index contributed by atoms with van der Waals surface area (Å²) in [6, 6.07) is 2.04. The van der Waals surface area contributed by atoms with Crippen LogP contribution in [0.15, 0.2) is 0 Å². The topological polar surface area (TPSA) is 35.8 Å². The Morgan fingerprint density at radius 2 is 2.50 bits per heavy atom. The first kappa shape index (κ1) is 8.15. The number of hydrogen-bond acceptors (Lipinski definition) is 4. The van der Waals surface area contributed by atoms with E-state index in [1.54, 1.807) is 21.8 Å². The number of rotatable bonds is 4. The van der Waals surface area contributed by atoms with Crippen LogP contribution in [0.3, 0.4) is 0 Å². The van der Waals surface area contributed by atoms with Crippen molar-refractivity contribution < 1.29 is 0 Å². The minimum atomic E-state index is 0.591. The van der Waals surface area contributed by atoms with Crippen LogP contribution in [0.25, 0.3) is 0 Å². The van der Waals surface area contributed by atoms with Crippen molar-refractivity contribution >= 4 is 21.8 Å². The van der Waals surface area contributed by atoms with Crippen LogP contribution in [-0.4, -0.2) is 12.8 Å². The van der Waals surface area contributed by atoms with Crippen LogP contribution in [-0.2, 0) is 0 Å². The molecule has 0 unspecified atom stereocenters. The molecule has 46 valence electrons. The molecule has 2 nitrogen and oxygen atoms in total. The molecule has 0 spiro atoms. The Morgan fingerprint density at radius 1 is 1.75 bits per heavy atom. The van der Waals surface area contributed by atoms with E-state index in [1.807, 2.05) is 12.3 Å². The summed E-state index contributed by atoms with van der Waals surface area (Å²) in [5, 5.41) is 8.06. The van der Waals surface area contributed by atoms with E-state index in [0.717, 1.165) is 6.54 Å². The molecule has 0 atom stereocenters. The Hall–Kier alpha value is 0.150. The van der Waals surface area contributed by atoms with Gasteiger partial charge in [-0.1, -0.05) is 10.8 Å². The third-order valence-corrected chi connectivity index (χ3v) is 1.82. The number of nitrogens with zero attached hydrogens (tertiary/aromatic N) is 1. The van der Waals surface area contributed by atoms with E-state index < -0.39 is 0 Å². The van der Waals surface area contributed by atoms with Crippen LogP contribution in [0.1, 0.15) is 6.42 Å². The predicted molar refractivity (Wildman–Crippen MR) is 39.3 cm³/mol. The summed E-state index contributed by atoms with van der Waals surface area (Å²) in [5.41, 5.74) is 0. The molecule has 0 rings (SSSR count). The van der Waals surface area contributed by atoms with E-state index in [1.165, 1.54) is 0 Å². The molecule has 0 heterocycles. The van der Waals surface area contributed by atoms with E-state index in [9.17, 15) is 0 Å². The van der Waals surface area contributed by atoms with Gasteiger partial charge in [-0.3, -0.25) is 4.72 Å². The first-order valence-corrected chi connectivity index (χ1v) is 4.77. The molecule has 0 aromatic heterocycles. The van der Waals surface area contributed by atoms with Gasteiger partial charge in [0.2, 0.25) is 0 Å². The average Bonchev–Trinajstić information content (AvgIpc) is 1.81. The second-order valence-electron chi connectivity index (χ2n) is 1.05. The molecule has 0 aliphatic carbocycles. The fraction of sp³-hybridized carbons (Fsp3) is 0.750. The van der Waals surface area contributed by atoms with Gasteiger partial charge in [0.1, 0.15) is 0 Å². The first-order valence-electron chi connectivity index (χ1n) is 2.21. The highest BCUT2D eigenvalue weighted by molar-refractivity contribution is 8.75. The Balaban J connectivity index is 2.65. The molecule has 0 fully saturated rings. The number of nitriles is 1. The standard InChI is InChI=1S/C4H8N2S2/c1-7-8-6-4-2-3-5/h6H,2,4H2,1H3. The van der Waals surface area contributed by atoms with Gasteiger partial charge in [-0.15, -0.1) is 0 Å². The molecule has 0 bridgehead atoms. The number of nitrogens with one attached hydrogen (secondary N) is 1. The summed E-state index contributed by atoms with van der Waals surface area (Å²) >= 11 is 0. The van der Waals surface area contributed by atoms with E-state index in [-0.39, 0.29) is 0 Å².